The summed E-state index contributed by atoms with van der Waals surface area (Å²) in [5.74, 6) is 0.992. The Hall–Kier alpha value is -1.50. The molecule has 0 aliphatic carbocycles. The smallest absolute Gasteiger partial charge is 0.270 e. The zero-order valence-electron chi connectivity index (χ0n) is 7.23. The van der Waals surface area contributed by atoms with Crippen LogP contribution in [0.3, 0.4) is 0 Å². The first-order valence-electron chi connectivity index (χ1n) is 3.75. The Balaban J connectivity index is 2.55. The summed E-state index contributed by atoms with van der Waals surface area (Å²) in [6.07, 6.45) is 1.50. The van der Waals surface area contributed by atoms with Gasteiger partial charge in [-0.2, -0.15) is 0 Å². The van der Waals surface area contributed by atoms with Gasteiger partial charge < -0.3 is 10.2 Å². The molecule has 0 saturated heterocycles. The van der Waals surface area contributed by atoms with Crippen LogP contribution in [0, 0.1) is 6.92 Å². The van der Waals surface area contributed by atoms with Gasteiger partial charge in [-0.1, -0.05) is 0 Å². The van der Waals surface area contributed by atoms with Gasteiger partial charge in [0.25, 0.3) is 5.89 Å². The van der Waals surface area contributed by atoms with E-state index in [1.807, 2.05) is 0 Å². The quantitative estimate of drug-likeness (QED) is 0.823. The summed E-state index contributed by atoms with van der Waals surface area (Å²) in [4.78, 5) is 7.99. The third-order valence-corrected chi connectivity index (χ3v) is 1.88. The number of anilines is 1. The first-order valence-corrected chi connectivity index (χ1v) is 4.54. The van der Waals surface area contributed by atoms with E-state index in [2.05, 4.69) is 36.1 Å². The van der Waals surface area contributed by atoms with E-state index in [0.29, 0.717) is 16.2 Å². The Morgan fingerprint density at radius 3 is 2.86 bits per heavy atom. The van der Waals surface area contributed by atoms with Crippen LogP contribution in [-0.2, 0) is 0 Å². The van der Waals surface area contributed by atoms with Crippen LogP contribution in [-0.4, -0.2) is 20.2 Å². The Morgan fingerprint density at radius 2 is 2.21 bits per heavy atom. The van der Waals surface area contributed by atoms with Crippen molar-refractivity contribution in [3.8, 4) is 11.6 Å². The summed E-state index contributed by atoms with van der Waals surface area (Å²) >= 11 is 3.18. The molecule has 0 aliphatic rings. The highest BCUT2D eigenvalue weighted by atomic mass is 79.9. The van der Waals surface area contributed by atoms with Gasteiger partial charge in [-0.3, -0.25) is 0 Å². The lowest BCUT2D eigenvalue weighted by molar-refractivity contribution is 0.531. The molecule has 72 valence electrons. The summed E-state index contributed by atoms with van der Waals surface area (Å²) in [6.45, 7) is 1.69. The van der Waals surface area contributed by atoms with Crippen LogP contribution in [0.25, 0.3) is 11.6 Å². The predicted molar refractivity (Wildman–Crippen MR) is 52.2 cm³/mol. The molecule has 0 bridgehead atoms. The molecule has 0 saturated carbocycles. The summed E-state index contributed by atoms with van der Waals surface area (Å²) in [5, 5.41) is 7.48. The number of aryl methyl sites for hydroxylation is 1. The van der Waals surface area contributed by atoms with Crippen LogP contribution in [0.5, 0.6) is 0 Å². The third kappa shape index (κ3) is 1.58. The minimum Gasteiger partial charge on any atom is -0.420 e. The highest BCUT2D eigenvalue weighted by Gasteiger charge is 2.12. The van der Waals surface area contributed by atoms with Gasteiger partial charge in [-0.25, -0.2) is 9.97 Å². The molecule has 0 unspecified atom stereocenters. The number of nitrogens with two attached hydrogens (primary N) is 1. The zero-order chi connectivity index (χ0) is 10.1. The highest BCUT2D eigenvalue weighted by molar-refractivity contribution is 9.10. The molecular weight excluding hydrogens is 250 g/mol. The predicted octanol–water partition coefficient (Wildman–Crippen LogP) is 1.18. The van der Waals surface area contributed by atoms with Crippen LogP contribution in [0.15, 0.2) is 15.2 Å². The van der Waals surface area contributed by atoms with Crippen molar-refractivity contribution in [2.45, 2.75) is 6.92 Å². The molecule has 2 heterocycles. The van der Waals surface area contributed by atoms with Crippen molar-refractivity contribution in [2.75, 3.05) is 5.73 Å². The molecule has 0 amide bonds. The molecule has 6 nitrogen and oxygen atoms in total. The molecule has 0 aliphatic heterocycles. The molecule has 0 atom stereocenters. The van der Waals surface area contributed by atoms with Gasteiger partial charge in [0.15, 0.2) is 11.5 Å². The van der Waals surface area contributed by atoms with Crippen LogP contribution in [0.1, 0.15) is 5.89 Å². The molecule has 2 aromatic heterocycles. The second-order valence-corrected chi connectivity index (χ2v) is 3.37. The van der Waals surface area contributed by atoms with E-state index < -0.39 is 0 Å². The standard InChI is InChI=1S/C7H6BrN5O/c1-3-12-13-7(14-3)5-6(9)10-2-4(8)11-5/h2H,1H3,(H2,9,10). The molecule has 0 radical (unpaired) electrons. The maximum atomic E-state index is 5.61. The number of nitrogen functional groups attached to an aromatic ring is 1. The molecule has 7 heteroatoms. The highest BCUT2D eigenvalue weighted by Crippen LogP contribution is 2.21. The third-order valence-electron chi connectivity index (χ3n) is 1.50. The lowest BCUT2D eigenvalue weighted by Gasteiger charge is -1.98. The van der Waals surface area contributed by atoms with Gasteiger partial charge in [-0.05, 0) is 15.9 Å². The zero-order valence-corrected chi connectivity index (χ0v) is 8.82. The fourth-order valence-corrected chi connectivity index (χ4v) is 1.21. The van der Waals surface area contributed by atoms with E-state index in [0.717, 1.165) is 0 Å². The molecule has 0 aromatic carbocycles. The molecule has 2 N–H and O–H groups in total. The SMILES string of the molecule is Cc1nnc(-c2nc(Br)cnc2N)o1. The van der Waals surface area contributed by atoms with Crippen molar-refractivity contribution < 1.29 is 4.42 Å². The van der Waals surface area contributed by atoms with E-state index in [1.165, 1.54) is 6.20 Å². The second kappa shape index (κ2) is 3.33. The summed E-state index contributed by atoms with van der Waals surface area (Å²) < 4.78 is 5.75. The first kappa shape index (κ1) is 9.07. The minimum absolute atomic E-state index is 0.261. The fourth-order valence-electron chi connectivity index (χ4n) is 0.927. The Bertz CT molecular complexity index is 469. The van der Waals surface area contributed by atoms with Crippen molar-refractivity contribution in [1.29, 1.82) is 0 Å². The van der Waals surface area contributed by atoms with Gasteiger partial charge in [0, 0.05) is 6.92 Å². The van der Waals surface area contributed by atoms with E-state index in [1.54, 1.807) is 6.92 Å². The van der Waals surface area contributed by atoms with Gasteiger partial charge in [0.05, 0.1) is 6.20 Å². The number of halogens is 1. The molecule has 0 fully saturated rings. The monoisotopic (exact) mass is 255 g/mol. The summed E-state index contributed by atoms with van der Waals surface area (Å²) in [6, 6.07) is 0. The minimum atomic E-state index is 0.261. The second-order valence-electron chi connectivity index (χ2n) is 2.55. The largest absolute Gasteiger partial charge is 0.420 e. The lowest BCUT2D eigenvalue weighted by Crippen LogP contribution is -1.97. The molecule has 0 spiro atoms. The molecule has 14 heavy (non-hydrogen) atoms. The van der Waals surface area contributed by atoms with E-state index >= 15 is 0 Å². The summed E-state index contributed by atoms with van der Waals surface area (Å²) in [7, 11) is 0. The topological polar surface area (TPSA) is 90.7 Å². The molecule has 2 aromatic rings. The number of nitrogens with zero attached hydrogens (tertiary/aromatic N) is 4. The maximum Gasteiger partial charge on any atom is 0.270 e. The van der Waals surface area contributed by atoms with Gasteiger partial charge >= 0.3 is 0 Å². The number of rotatable bonds is 1. The number of hydrogen-bond acceptors (Lipinski definition) is 6. The Labute approximate surface area is 87.7 Å². The van der Waals surface area contributed by atoms with Gasteiger partial charge in [-0.15, -0.1) is 10.2 Å². The van der Waals surface area contributed by atoms with Crippen molar-refractivity contribution in [1.82, 2.24) is 20.2 Å². The molecular formula is C7H6BrN5O. The van der Waals surface area contributed by atoms with Crippen molar-refractivity contribution >= 4 is 21.7 Å². The van der Waals surface area contributed by atoms with Crippen LogP contribution in [0.4, 0.5) is 5.82 Å². The van der Waals surface area contributed by atoms with Gasteiger partial charge in [0.1, 0.15) is 4.60 Å². The lowest BCUT2D eigenvalue weighted by atomic mass is 10.4. The average Bonchev–Trinajstić information content (AvgIpc) is 2.56. The van der Waals surface area contributed by atoms with Gasteiger partial charge in [0.2, 0.25) is 5.89 Å². The number of hydrogen-bond donors (Lipinski definition) is 1. The Morgan fingerprint density at radius 1 is 1.43 bits per heavy atom. The van der Waals surface area contributed by atoms with E-state index in [9.17, 15) is 0 Å². The van der Waals surface area contributed by atoms with E-state index in [-0.39, 0.29) is 11.7 Å². The maximum absolute atomic E-state index is 5.61. The van der Waals surface area contributed by atoms with Crippen molar-refractivity contribution in [3.05, 3.63) is 16.7 Å². The Kier molecular flexibility index (Phi) is 2.16. The van der Waals surface area contributed by atoms with E-state index in [4.69, 9.17) is 10.2 Å². The number of aromatic nitrogens is 4. The van der Waals surface area contributed by atoms with Crippen molar-refractivity contribution in [2.24, 2.45) is 0 Å². The van der Waals surface area contributed by atoms with Crippen LogP contribution >= 0.6 is 15.9 Å². The fraction of sp³-hybridized carbons (Fsp3) is 0.143. The van der Waals surface area contributed by atoms with Crippen LogP contribution < -0.4 is 5.73 Å². The normalized spacial score (nSPS) is 10.4. The first-order chi connectivity index (χ1) is 6.66. The van der Waals surface area contributed by atoms with Crippen LogP contribution in [0.2, 0.25) is 0 Å². The summed E-state index contributed by atoms with van der Waals surface area (Å²) in [5.41, 5.74) is 6.00. The molecule has 2 rings (SSSR count). The van der Waals surface area contributed by atoms with Crippen molar-refractivity contribution in [3.63, 3.8) is 0 Å². The average molecular weight is 256 g/mol.